The van der Waals surface area contributed by atoms with Crippen molar-refractivity contribution in [1.29, 1.82) is 0 Å². The van der Waals surface area contributed by atoms with E-state index in [4.69, 9.17) is 0 Å². The van der Waals surface area contributed by atoms with Crippen molar-refractivity contribution in [3.63, 3.8) is 0 Å². The summed E-state index contributed by atoms with van der Waals surface area (Å²) in [7, 11) is 0. The van der Waals surface area contributed by atoms with Crippen LogP contribution < -0.4 is 0 Å². The highest BCUT2D eigenvalue weighted by Gasteiger charge is 2.42. The summed E-state index contributed by atoms with van der Waals surface area (Å²) in [4.78, 5) is 14.7. The molecule has 1 aliphatic rings. The highest BCUT2D eigenvalue weighted by molar-refractivity contribution is 14.1. The van der Waals surface area contributed by atoms with Crippen LogP contribution in [0.15, 0.2) is 42.5 Å². The van der Waals surface area contributed by atoms with Gasteiger partial charge in [0, 0.05) is 22.6 Å². The van der Waals surface area contributed by atoms with Crippen LogP contribution in [0.4, 0.5) is 0 Å². The van der Waals surface area contributed by atoms with Crippen molar-refractivity contribution in [2.24, 2.45) is 5.92 Å². The maximum atomic E-state index is 12.8. The fourth-order valence-corrected chi connectivity index (χ4v) is 4.67. The van der Waals surface area contributed by atoms with E-state index in [0.29, 0.717) is 12.5 Å². The van der Waals surface area contributed by atoms with Crippen molar-refractivity contribution in [2.75, 3.05) is 6.54 Å². The molecule has 0 aliphatic carbocycles. The summed E-state index contributed by atoms with van der Waals surface area (Å²) in [6.45, 7) is 4.72. The largest absolute Gasteiger partial charge is 0.314 e. The van der Waals surface area contributed by atoms with Gasteiger partial charge < -0.3 is 4.90 Å². The van der Waals surface area contributed by atoms with Crippen LogP contribution in [0.2, 0.25) is 0 Å². The molecule has 0 radical (unpaired) electrons. The lowest BCUT2D eigenvalue weighted by Gasteiger charge is -2.23. The van der Waals surface area contributed by atoms with E-state index in [2.05, 4.69) is 66.2 Å². The van der Waals surface area contributed by atoms with Crippen molar-refractivity contribution < 1.29 is 4.79 Å². The van der Waals surface area contributed by atoms with E-state index < -0.39 is 0 Å². The molecule has 1 saturated heterocycles. The Balaban J connectivity index is 2.07. The fraction of sp³-hybridized carbons (Fsp3) is 0.316. The summed E-state index contributed by atoms with van der Waals surface area (Å²) in [6.07, 6.45) is 0. The molecule has 3 rings (SSSR count). The number of carbonyl (C=O) groups excluding carboxylic acids is 1. The highest BCUT2D eigenvalue weighted by Crippen LogP contribution is 2.47. The summed E-state index contributed by atoms with van der Waals surface area (Å²) in [5, 5.41) is 2.48. The first kappa shape index (κ1) is 16.7. The number of fused-ring (bicyclic) bond motifs is 1. The van der Waals surface area contributed by atoms with Gasteiger partial charge in [0.25, 0.3) is 0 Å². The molecule has 118 valence electrons. The first-order valence-electron chi connectivity index (χ1n) is 7.65. The number of halogens is 1. The van der Waals surface area contributed by atoms with E-state index in [0.717, 1.165) is 0 Å². The van der Waals surface area contributed by atoms with Crippen LogP contribution in [0.3, 0.4) is 0 Å². The zero-order valence-electron chi connectivity index (χ0n) is 13.1. The topological polar surface area (TPSA) is 20.3 Å². The average molecular weight is 435 g/mol. The van der Waals surface area contributed by atoms with E-state index in [9.17, 15) is 4.79 Å². The Morgan fingerprint density at radius 2 is 1.96 bits per heavy atom. The molecule has 0 N–H and O–H groups in total. The Kier molecular flexibility index (Phi) is 5.17. The van der Waals surface area contributed by atoms with Crippen LogP contribution in [-0.2, 0) is 4.79 Å². The van der Waals surface area contributed by atoms with Gasteiger partial charge in [0.15, 0.2) is 0 Å². The molecule has 0 saturated carbocycles. The van der Waals surface area contributed by atoms with Gasteiger partial charge in [-0.1, -0.05) is 62.2 Å². The molecule has 1 heterocycles. The Morgan fingerprint density at radius 1 is 1.22 bits per heavy atom. The number of hydrogen-bond acceptors (Lipinski definition) is 2. The molecule has 2 unspecified atom stereocenters. The minimum Gasteiger partial charge on any atom is -0.314 e. The van der Waals surface area contributed by atoms with Crippen molar-refractivity contribution >= 4 is 51.0 Å². The maximum Gasteiger partial charge on any atom is 0.238 e. The zero-order valence-corrected chi connectivity index (χ0v) is 16.1. The molecule has 2 aromatic carbocycles. The third-order valence-electron chi connectivity index (χ3n) is 4.10. The molecule has 0 aromatic heterocycles. The molecule has 0 bridgehead atoms. The van der Waals surface area contributed by atoms with Crippen LogP contribution in [0, 0.1) is 15.8 Å². The molecule has 1 fully saturated rings. The molecule has 1 amide bonds. The Morgan fingerprint density at radius 3 is 2.70 bits per heavy atom. The molecule has 1 aliphatic heterocycles. The van der Waals surface area contributed by atoms with E-state index in [1.54, 1.807) is 11.8 Å². The summed E-state index contributed by atoms with van der Waals surface area (Å²) < 4.78 is 2.89. The van der Waals surface area contributed by atoms with Crippen molar-refractivity contribution in [2.45, 2.75) is 24.5 Å². The molecule has 4 heteroatoms. The van der Waals surface area contributed by atoms with Crippen molar-refractivity contribution in [1.82, 2.24) is 4.90 Å². The van der Waals surface area contributed by atoms with Crippen molar-refractivity contribution in [3.8, 4) is 9.85 Å². The first-order valence-corrected chi connectivity index (χ1v) is 9.67. The molecule has 2 nitrogen and oxygen atoms in total. The lowest BCUT2D eigenvalue weighted by molar-refractivity contribution is -0.130. The normalized spacial score (nSPS) is 20.9. The van der Waals surface area contributed by atoms with Crippen LogP contribution >= 0.6 is 34.4 Å². The standard InChI is InChI=1S/C19H18INOS/c1-13(2)17-18(22)21(12-6-11-20)19(23-17)16-10-5-8-14-7-3-4-9-15(14)16/h3-5,7-10,13,17,19H,12H2,1-2H3. The number of nitrogens with zero attached hydrogens (tertiary/aromatic N) is 1. The van der Waals surface area contributed by atoms with Crippen molar-refractivity contribution in [3.05, 3.63) is 48.0 Å². The molecular formula is C19H18INOS. The lowest BCUT2D eigenvalue weighted by Crippen LogP contribution is -2.33. The van der Waals surface area contributed by atoms with Gasteiger partial charge in [-0.2, -0.15) is 0 Å². The second-order valence-corrected chi connectivity index (χ2v) is 7.72. The minimum atomic E-state index is 0.00924. The number of carbonyl (C=O) groups is 1. The Hall–Kier alpha value is -1.19. The van der Waals surface area contributed by atoms with Crippen LogP contribution in [0.1, 0.15) is 24.8 Å². The van der Waals surface area contributed by atoms with Gasteiger partial charge >= 0.3 is 0 Å². The molecular weight excluding hydrogens is 417 g/mol. The van der Waals surface area contributed by atoms with Gasteiger partial charge in [0.2, 0.25) is 5.91 Å². The van der Waals surface area contributed by atoms with E-state index in [-0.39, 0.29) is 16.5 Å². The number of amides is 1. The van der Waals surface area contributed by atoms with E-state index >= 15 is 0 Å². The smallest absolute Gasteiger partial charge is 0.238 e. The molecule has 0 spiro atoms. The summed E-state index contributed by atoms with van der Waals surface area (Å²) >= 11 is 3.79. The van der Waals surface area contributed by atoms with Gasteiger partial charge in [0.05, 0.1) is 11.8 Å². The minimum absolute atomic E-state index is 0.00924. The summed E-state index contributed by atoms with van der Waals surface area (Å²) in [6, 6.07) is 14.7. The monoisotopic (exact) mass is 435 g/mol. The Labute approximate surface area is 155 Å². The van der Waals surface area contributed by atoms with Crippen LogP contribution in [-0.4, -0.2) is 22.6 Å². The third-order valence-corrected chi connectivity index (χ3v) is 6.28. The average Bonchev–Trinajstić information content (AvgIpc) is 2.89. The maximum absolute atomic E-state index is 12.8. The second-order valence-electron chi connectivity index (χ2n) is 5.96. The van der Waals surface area contributed by atoms with Gasteiger partial charge in [-0.25, -0.2) is 0 Å². The first-order chi connectivity index (χ1) is 11.1. The quantitative estimate of drug-likeness (QED) is 0.508. The Bertz CT molecular complexity index is 787. The predicted octanol–water partition coefficient (Wildman–Crippen LogP) is 4.83. The second kappa shape index (κ2) is 7.14. The number of benzene rings is 2. The van der Waals surface area contributed by atoms with Gasteiger partial charge in [0.1, 0.15) is 5.37 Å². The van der Waals surface area contributed by atoms with Gasteiger partial charge in [-0.15, -0.1) is 11.8 Å². The van der Waals surface area contributed by atoms with Crippen LogP contribution in [0.25, 0.3) is 10.8 Å². The van der Waals surface area contributed by atoms with Gasteiger partial charge in [-0.3, -0.25) is 4.79 Å². The SMILES string of the molecule is CC(C)C1SC(c2cccc3ccccc23)N(CC#CI)C1=O. The van der Waals surface area contributed by atoms with E-state index in [1.165, 1.54) is 16.3 Å². The zero-order chi connectivity index (χ0) is 16.4. The fourth-order valence-electron chi connectivity index (χ4n) is 2.97. The summed E-state index contributed by atoms with van der Waals surface area (Å²) in [5.74, 6) is 3.59. The lowest BCUT2D eigenvalue weighted by atomic mass is 10.0. The number of thioether (sulfide) groups is 1. The molecule has 2 aromatic rings. The summed E-state index contributed by atoms with van der Waals surface area (Å²) in [5.41, 5.74) is 1.21. The van der Waals surface area contributed by atoms with Crippen LogP contribution in [0.5, 0.6) is 0 Å². The molecule has 2 atom stereocenters. The number of rotatable bonds is 3. The predicted molar refractivity (Wildman–Crippen MR) is 106 cm³/mol. The highest BCUT2D eigenvalue weighted by atomic mass is 127. The third kappa shape index (κ3) is 3.22. The van der Waals surface area contributed by atoms with E-state index in [1.807, 2.05) is 27.5 Å². The number of hydrogen-bond donors (Lipinski definition) is 0. The van der Waals surface area contributed by atoms with Gasteiger partial charge in [-0.05, 0) is 26.2 Å². The molecule has 23 heavy (non-hydrogen) atoms.